The Morgan fingerprint density at radius 1 is 1.12 bits per heavy atom. The predicted octanol–water partition coefficient (Wildman–Crippen LogP) is 5.01. The fraction of sp³-hybridized carbons (Fsp3) is 0.250. The van der Waals surface area contributed by atoms with Crippen LogP contribution in [0.15, 0.2) is 110 Å². The van der Waals surface area contributed by atoms with Gasteiger partial charge in [-0.2, -0.15) is 0 Å². The van der Waals surface area contributed by atoms with E-state index < -0.39 is 5.54 Å². The minimum Gasteiger partial charge on any atom is -0.377 e. The molecule has 4 N–H and O–H groups in total. The number of nitrogens with two attached hydrogens (primary N) is 1. The fourth-order valence-electron chi connectivity index (χ4n) is 3.38. The number of anilines is 1. The van der Waals surface area contributed by atoms with E-state index in [0.717, 1.165) is 11.1 Å². The molecule has 6 nitrogen and oxygen atoms in total. The monoisotopic (exact) mass is 457 g/mol. The second kappa shape index (κ2) is 11.5. The summed E-state index contributed by atoms with van der Waals surface area (Å²) in [7, 11) is 0. The molecule has 3 aromatic rings. The maximum absolute atomic E-state index is 6.23. The number of nitrogens with zero attached hydrogens (tertiary/aromatic N) is 2. The first-order valence-electron chi connectivity index (χ1n) is 11.3. The van der Waals surface area contributed by atoms with E-state index in [4.69, 9.17) is 10.5 Å². The molecule has 0 aliphatic heterocycles. The van der Waals surface area contributed by atoms with Gasteiger partial charge in [0.25, 0.3) is 0 Å². The van der Waals surface area contributed by atoms with Crippen molar-refractivity contribution in [3.8, 4) is 0 Å². The summed E-state index contributed by atoms with van der Waals surface area (Å²) in [4.78, 5) is 4.52. The molecule has 0 amide bonds. The Morgan fingerprint density at radius 3 is 2.38 bits per heavy atom. The van der Waals surface area contributed by atoms with Crippen LogP contribution >= 0.6 is 0 Å². The fourth-order valence-corrected chi connectivity index (χ4v) is 3.38. The lowest BCUT2D eigenvalue weighted by atomic mass is 10.0. The third-order valence-electron chi connectivity index (χ3n) is 5.52. The SMILES string of the molecule is C=CC(c1ccccc1)n1cnc(NC(=C)C(COCc2ccccc2)NC(=C)C(C)(C)N)c1. The van der Waals surface area contributed by atoms with Crippen molar-refractivity contribution in [2.24, 2.45) is 5.73 Å². The minimum atomic E-state index is -0.591. The van der Waals surface area contributed by atoms with E-state index in [1.54, 1.807) is 6.33 Å². The van der Waals surface area contributed by atoms with Crippen LogP contribution in [0.25, 0.3) is 0 Å². The third-order valence-corrected chi connectivity index (χ3v) is 5.52. The van der Waals surface area contributed by atoms with E-state index in [9.17, 15) is 0 Å². The van der Waals surface area contributed by atoms with Crippen LogP contribution < -0.4 is 16.4 Å². The summed E-state index contributed by atoms with van der Waals surface area (Å²) in [5.74, 6) is 0.681. The Labute approximate surface area is 202 Å². The molecule has 0 fully saturated rings. The van der Waals surface area contributed by atoms with Gasteiger partial charge in [-0.25, -0.2) is 4.98 Å². The molecule has 0 spiro atoms. The van der Waals surface area contributed by atoms with Crippen molar-refractivity contribution in [3.63, 3.8) is 0 Å². The second-order valence-corrected chi connectivity index (χ2v) is 8.85. The molecule has 1 heterocycles. The third kappa shape index (κ3) is 6.94. The highest BCUT2D eigenvalue weighted by molar-refractivity contribution is 5.41. The molecule has 178 valence electrons. The van der Waals surface area contributed by atoms with Gasteiger partial charge < -0.3 is 25.7 Å². The smallest absolute Gasteiger partial charge is 0.148 e. The zero-order chi connectivity index (χ0) is 24.6. The topological polar surface area (TPSA) is 77.1 Å². The van der Waals surface area contributed by atoms with Gasteiger partial charge in [0.1, 0.15) is 5.82 Å². The van der Waals surface area contributed by atoms with Crippen LogP contribution in [-0.2, 0) is 11.3 Å². The van der Waals surface area contributed by atoms with Crippen LogP contribution in [0.4, 0.5) is 5.82 Å². The second-order valence-electron chi connectivity index (χ2n) is 8.85. The van der Waals surface area contributed by atoms with Gasteiger partial charge in [-0.05, 0) is 25.0 Å². The van der Waals surface area contributed by atoms with E-state index in [-0.39, 0.29) is 12.1 Å². The van der Waals surface area contributed by atoms with E-state index in [0.29, 0.717) is 30.4 Å². The lowest BCUT2D eigenvalue weighted by Gasteiger charge is -2.29. The Balaban J connectivity index is 1.69. The molecule has 1 aromatic heterocycles. The van der Waals surface area contributed by atoms with Crippen LogP contribution in [0.3, 0.4) is 0 Å². The van der Waals surface area contributed by atoms with Gasteiger partial charge >= 0.3 is 0 Å². The van der Waals surface area contributed by atoms with Crippen molar-refractivity contribution in [3.05, 3.63) is 122 Å². The number of benzene rings is 2. The van der Waals surface area contributed by atoms with Crippen LogP contribution in [0.5, 0.6) is 0 Å². The highest BCUT2D eigenvalue weighted by Gasteiger charge is 2.22. The zero-order valence-electron chi connectivity index (χ0n) is 20.1. The number of hydrogen-bond donors (Lipinski definition) is 3. The average Bonchev–Trinajstić information content (AvgIpc) is 3.27. The van der Waals surface area contributed by atoms with E-state index in [1.165, 1.54) is 0 Å². The van der Waals surface area contributed by atoms with Gasteiger partial charge in [-0.1, -0.05) is 79.9 Å². The van der Waals surface area contributed by atoms with Crippen molar-refractivity contribution in [2.75, 3.05) is 11.9 Å². The Bertz CT molecular complexity index is 1080. The number of ether oxygens (including phenoxy) is 1. The quantitative estimate of drug-likeness (QED) is 0.315. The van der Waals surface area contributed by atoms with Gasteiger partial charge in [-0.15, -0.1) is 6.58 Å². The summed E-state index contributed by atoms with van der Waals surface area (Å²) in [5.41, 5.74) is 9.28. The summed E-state index contributed by atoms with van der Waals surface area (Å²) in [6, 6.07) is 19.9. The molecule has 2 unspecified atom stereocenters. The Morgan fingerprint density at radius 2 is 1.76 bits per heavy atom. The van der Waals surface area contributed by atoms with E-state index in [2.05, 4.69) is 47.5 Å². The lowest BCUT2D eigenvalue weighted by Crippen LogP contribution is -2.46. The molecule has 0 bridgehead atoms. The van der Waals surface area contributed by atoms with E-state index in [1.807, 2.05) is 79.2 Å². The van der Waals surface area contributed by atoms with Gasteiger partial charge in [0, 0.05) is 23.1 Å². The van der Waals surface area contributed by atoms with Crippen LogP contribution in [0, 0.1) is 0 Å². The van der Waals surface area contributed by atoms with Crippen molar-refractivity contribution in [2.45, 2.75) is 38.1 Å². The molecule has 0 saturated heterocycles. The number of nitrogens with one attached hydrogen (secondary N) is 2. The highest BCUT2D eigenvalue weighted by Crippen LogP contribution is 2.21. The Kier molecular flexibility index (Phi) is 8.46. The summed E-state index contributed by atoms with van der Waals surface area (Å²) < 4.78 is 8.00. The molecular weight excluding hydrogens is 422 g/mol. The van der Waals surface area contributed by atoms with Gasteiger partial charge in [0.15, 0.2) is 0 Å². The maximum Gasteiger partial charge on any atom is 0.148 e. The minimum absolute atomic E-state index is 0.0153. The molecule has 0 saturated carbocycles. The molecule has 2 atom stereocenters. The first kappa shape index (κ1) is 25.0. The van der Waals surface area contributed by atoms with Crippen molar-refractivity contribution in [1.82, 2.24) is 14.9 Å². The van der Waals surface area contributed by atoms with Crippen molar-refractivity contribution < 1.29 is 4.74 Å². The maximum atomic E-state index is 6.23. The average molecular weight is 458 g/mol. The molecule has 6 heteroatoms. The molecule has 2 aromatic carbocycles. The largest absolute Gasteiger partial charge is 0.377 e. The van der Waals surface area contributed by atoms with Crippen LogP contribution in [0.2, 0.25) is 0 Å². The molecule has 34 heavy (non-hydrogen) atoms. The van der Waals surface area contributed by atoms with Gasteiger partial charge in [-0.3, -0.25) is 0 Å². The highest BCUT2D eigenvalue weighted by atomic mass is 16.5. The number of aromatic nitrogens is 2. The Hall–Kier alpha value is -3.61. The summed E-state index contributed by atoms with van der Waals surface area (Å²) >= 11 is 0. The van der Waals surface area contributed by atoms with Gasteiger partial charge in [0.05, 0.1) is 31.6 Å². The van der Waals surface area contributed by atoms with Crippen LogP contribution in [0.1, 0.15) is 31.0 Å². The first-order valence-corrected chi connectivity index (χ1v) is 11.3. The first-order chi connectivity index (χ1) is 16.3. The molecular formula is C28H35N5O. The van der Waals surface area contributed by atoms with E-state index >= 15 is 0 Å². The number of rotatable bonds is 13. The standard InChI is InChI=1S/C28H35N5O/c1-6-26(24-15-11-8-12-16-24)33-17-27(30-20-33)31-21(2)25(32-22(3)28(4,5)29)19-34-18-23-13-9-7-10-14-23/h6-17,20,25-26,31-32H,1-3,18-19,29H2,4-5H3. The number of allylic oxidation sites excluding steroid dienone is 1. The summed E-state index contributed by atoms with van der Waals surface area (Å²) in [5, 5.41) is 6.69. The summed E-state index contributed by atoms with van der Waals surface area (Å²) in [6.07, 6.45) is 5.62. The lowest BCUT2D eigenvalue weighted by molar-refractivity contribution is 0.108. The molecule has 3 rings (SSSR count). The summed E-state index contributed by atoms with van der Waals surface area (Å²) in [6.45, 7) is 17.0. The number of hydrogen-bond acceptors (Lipinski definition) is 5. The number of imidazole rings is 1. The normalized spacial score (nSPS) is 13.0. The molecule has 0 aliphatic rings. The van der Waals surface area contributed by atoms with Gasteiger partial charge in [0.2, 0.25) is 0 Å². The van der Waals surface area contributed by atoms with Crippen LogP contribution in [-0.4, -0.2) is 27.7 Å². The van der Waals surface area contributed by atoms with Crippen molar-refractivity contribution in [1.29, 1.82) is 0 Å². The molecule has 0 aliphatic carbocycles. The van der Waals surface area contributed by atoms with Crippen molar-refractivity contribution >= 4 is 5.82 Å². The predicted molar refractivity (Wildman–Crippen MR) is 140 cm³/mol. The zero-order valence-corrected chi connectivity index (χ0v) is 20.1. The molecule has 0 radical (unpaired) electrons.